The van der Waals surface area contributed by atoms with Crippen LogP contribution in [0.5, 0.6) is 5.75 Å². The lowest BCUT2D eigenvalue weighted by Gasteiger charge is -2.31. The number of benzene rings is 1. The van der Waals surface area contributed by atoms with Gasteiger partial charge in [-0.05, 0) is 50.9 Å². The molecule has 1 unspecified atom stereocenters. The van der Waals surface area contributed by atoms with E-state index in [4.69, 9.17) is 16.3 Å². The lowest BCUT2D eigenvalue weighted by molar-refractivity contribution is 0.113. The summed E-state index contributed by atoms with van der Waals surface area (Å²) in [5.74, 6) is 1.50. The number of halogens is 1. The van der Waals surface area contributed by atoms with E-state index >= 15 is 0 Å². The average Bonchev–Trinajstić information content (AvgIpc) is 2.44. The first kappa shape index (κ1) is 14.4. The van der Waals surface area contributed by atoms with Gasteiger partial charge in [0.25, 0.3) is 0 Å². The molecule has 0 spiro atoms. The van der Waals surface area contributed by atoms with Crippen molar-refractivity contribution in [3.8, 4) is 5.75 Å². The molecule has 1 saturated heterocycles. The Hall–Kier alpha value is -0.990. The van der Waals surface area contributed by atoms with Crippen molar-refractivity contribution in [3.05, 3.63) is 41.4 Å². The van der Waals surface area contributed by atoms with Crippen LogP contribution in [0.4, 0.5) is 0 Å². The second-order valence-corrected chi connectivity index (χ2v) is 5.54. The number of hydrogen-bond donors (Lipinski definition) is 1. The number of hydrogen-bond acceptors (Lipinski definition) is 2. The average molecular weight is 280 g/mol. The normalized spacial score (nSPS) is 18.0. The van der Waals surface area contributed by atoms with Crippen LogP contribution in [0.1, 0.15) is 24.8 Å². The Balaban J connectivity index is 2.11. The first-order chi connectivity index (χ1) is 9.22. The van der Waals surface area contributed by atoms with Crippen molar-refractivity contribution in [3.63, 3.8) is 0 Å². The number of nitrogens with one attached hydrogen (secondary N) is 1. The third-order valence-electron chi connectivity index (χ3n) is 3.80. The highest BCUT2D eigenvalue weighted by atomic mass is 35.5. The molecule has 0 radical (unpaired) electrons. The van der Waals surface area contributed by atoms with Crippen molar-refractivity contribution in [1.82, 2.24) is 5.32 Å². The summed E-state index contributed by atoms with van der Waals surface area (Å²) in [6, 6.07) is 5.84. The van der Waals surface area contributed by atoms with E-state index in [9.17, 15) is 0 Å². The summed E-state index contributed by atoms with van der Waals surface area (Å²) in [4.78, 5) is 0. The van der Waals surface area contributed by atoms with E-state index in [1.165, 1.54) is 0 Å². The van der Waals surface area contributed by atoms with Crippen molar-refractivity contribution in [2.75, 3.05) is 13.1 Å². The molecule has 1 N–H and O–H groups in total. The molecule has 1 aliphatic heterocycles. The van der Waals surface area contributed by atoms with Crippen LogP contribution in [0.2, 0.25) is 5.02 Å². The van der Waals surface area contributed by atoms with E-state index in [2.05, 4.69) is 11.9 Å². The van der Waals surface area contributed by atoms with Gasteiger partial charge in [-0.3, -0.25) is 0 Å². The van der Waals surface area contributed by atoms with Gasteiger partial charge >= 0.3 is 0 Å². The van der Waals surface area contributed by atoms with Gasteiger partial charge < -0.3 is 10.1 Å². The second kappa shape index (κ2) is 6.97. The zero-order chi connectivity index (χ0) is 13.7. The van der Waals surface area contributed by atoms with Crippen LogP contribution < -0.4 is 10.1 Å². The molecule has 3 heteroatoms. The highest BCUT2D eigenvalue weighted by Crippen LogP contribution is 2.29. The minimum absolute atomic E-state index is 0.205. The molecule has 1 heterocycles. The molecule has 19 heavy (non-hydrogen) atoms. The van der Waals surface area contributed by atoms with Gasteiger partial charge in [-0.15, -0.1) is 6.58 Å². The first-order valence-corrected chi connectivity index (χ1v) is 7.33. The molecule has 1 aromatic carbocycles. The van der Waals surface area contributed by atoms with Crippen LogP contribution in [0.3, 0.4) is 0 Å². The molecule has 1 fully saturated rings. The third-order valence-corrected chi connectivity index (χ3v) is 4.21. The summed E-state index contributed by atoms with van der Waals surface area (Å²) in [5, 5.41) is 4.16. The van der Waals surface area contributed by atoms with E-state index in [1.807, 2.05) is 31.2 Å². The highest BCUT2D eigenvalue weighted by Gasteiger charge is 2.24. The SMILES string of the molecule is C=CCC(Oc1cccc(Cl)c1C)C1CCNCC1. The van der Waals surface area contributed by atoms with Crippen LogP contribution in [-0.4, -0.2) is 19.2 Å². The van der Waals surface area contributed by atoms with Crippen molar-refractivity contribution in [2.45, 2.75) is 32.3 Å². The van der Waals surface area contributed by atoms with Crippen LogP contribution >= 0.6 is 11.6 Å². The predicted molar refractivity (Wildman–Crippen MR) is 81.0 cm³/mol. The standard InChI is InChI=1S/C16H22ClNO/c1-3-5-16(13-8-10-18-11-9-13)19-15-7-4-6-14(17)12(15)2/h3-4,6-7,13,16,18H,1,5,8-11H2,2H3. The van der Waals surface area contributed by atoms with Gasteiger partial charge in [-0.1, -0.05) is 23.7 Å². The summed E-state index contributed by atoms with van der Waals surface area (Å²) in [6.45, 7) is 8.02. The maximum atomic E-state index is 6.22. The van der Waals surface area contributed by atoms with Crippen molar-refractivity contribution in [2.24, 2.45) is 5.92 Å². The summed E-state index contributed by atoms with van der Waals surface area (Å²) in [7, 11) is 0. The monoisotopic (exact) mass is 279 g/mol. The Morgan fingerprint density at radius 1 is 1.47 bits per heavy atom. The zero-order valence-electron chi connectivity index (χ0n) is 11.5. The van der Waals surface area contributed by atoms with Gasteiger partial charge in [0.2, 0.25) is 0 Å². The smallest absolute Gasteiger partial charge is 0.124 e. The number of piperidine rings is 1. The predicted octanol–water partition coefficient (Wildman–Crippen LogP) is 3.97. The molecule has 0 amide bonds. The lowest BCUT2D eigenvalue weighted by atomic mass is 9.90. The largest absolute Gasteiger partial charge is 0.489 e. The maximum absolute atomic E-state index is 6.22. The molecule has 1 atom stereocenters. The minimum atomic E-state index is 0.205. The van der Waals surface area contributed by atoms with Crippen molar-refractivity contribution >= 4 is 11.6 Å². The zero-order valence-corrected chi connectivity index (χ0v) is 12.2. The fourth-order valence-electron chi connectivity index (χ4n) is 2.60. The van der Waals surface area contributed by atoms with Gasteiger partial charge in [0.05, 0.1) is 0 Å². The molecule has 1 aromatic rings. The molecular formula is C16H22ClNO. The fraction of sp³-hybridized carbons (Fsp3) is 0.500. The highest BCUT2D eigenvalue weighted by molar-refractivity contribution is 6.31. The number of ether oxygens (including phenoxy) is 1. The molecule has 1 aliphatic rings. The van der Waals surface area contributed by atoms with E-state index in [-0.39, 0.29) is 6.10 Å². The molecule has 2 rings (SSSR count). The van der Waals surface area contributed by atoms with Gasteiger partial charge in [-0.2, -0.15) is 0 Å². The molecule has 0 aromatic heterocycles. The molecule has 0 bridgehead atoms. The van der Waals surface area contributed by atoms with Gasteiger partial charge in [0.1, 0.15) is 11.9 Å². The van der Waals surface area contributed by atoms with Crippen molar-refractivity contribution < 1.29 is 4.74 Å². The van der Waals surface area contributed by atoms with Crippen LogP contribution in [0.15, 0.2) is 30.9 Å². The number of rotatable bonds is 5. The van der Waals surface area contributed by atoms with E-state index in [0.717, 1.165) is 48.7 Å². The topological polar surface area (TPSA) is 21.3 Å². The minimum Gasteiger partial charge on any atom is -0.489 e. The quantitative estimate of drug-likeness (QED) is 0.824. The van der Waals surface area contributed by atoms with Gasteiger partial charge in [0.15, 0.2) is 0 Å². The van der Waals surface area contributed by atoms with Crippen LogP contribution in [0, 0.1) is 12.8 Å². The van der Waals surface area contributed by atoms with Gasteiger partial charge in [-0.25, -0.2) is 0 Å². The Labute approximate surface area is 120 Å². The Morgan fingerprint density at radius 2 is 2.21 bits per heavy atom. The van der Waals surface area contributed by atoms with Gasteiger partial charge in [0, 0.05) is 17.0 Å². The Kier molecular flexibility index (Phi) is 5.29. The summed E-state index contributed by atoms with van der Waals surface area (Å²) in [5.41, 5.74) is 1.02. The molecule has 0 saturated carbocycles. The van der Waals surface area contributed by atoms with Crippen LogP contribution in [0.25, 0.3) is 0 Å². The molecule has 104 valence electrons. The fourth-order valence-corrected chi connectivity index (χ4v) is 2.76. The van der Waals surface area contributed by atoms with E-state index in [0.29, 0.717) is 5.92 Å². The second-order valence-electron chi connectivity index (χ2n) is 5.13. The lowest BCUT2D eigenvalue weighted by Crippen LogP contribution is -2.36. The van der Waals surface area contributed by atoms with E-state index in [1.54, 1.807) is 0 Å². The Morgan fingerprint density at radius 3 is 2.89 bits per heavy atom. The summed E-state index contributed by atoms with van der Waals surface area (Å²) < 4.78 is 6.22. The van der Waals surface area contributed by atoms with E-state index < -0.39 is 0 Å². The molecular weight excluding hydrogens is 258 g/mol. The van der Waals surface area contributed by atoms with Crippen LogP contribution in [-0.2, 0) is 0 Å². The third kappa shape index (κ3) is 3.74. The molecule has 2 nitrogen and oxygen atoms in total. The first-order valence-electron chi connectivity index (χ1n) is 6.95. The maximum Gasteiger partial charge on any atom is 0.124 e. The van der Waals surface area contributed by atoms with Crippen molar-refractivity contribution in [1.29, 1.82) is 0 Å². The Bertz CT molecular complexity index is 427. The summed E-state index contributed by atoms with van der Waals surface area (Å²) >= 11 is 6.15. The molecule has 0 aliphatic carbocycles. The summed E-state index contributed by atoms with van der Waals surface area (Å²) in [6.07, 6.45) is 5.37.